The van der Waals surface area contributed by atoms with Crippen molar-refractivity contribution in [2.75, 3.05) is 39.3 Å². The van der Waals surface area contributed by atoms with Crippen LogP contribution in [0.4, 0.5) is 0 Å². The molecule has 0 aromatic carbocycles. The molecule has 2 rings (SSSR count). The van der Waals surface area contributed by atoms with E-state index in [2.05, 4.69) is 24.1 Å². The Morgan fingerprint density at radius 1 is 1.24 bits per heavy atom. The van der Waals surface area contributed by atoms with Gasteiger partial charge in [0.05, 0.1) is 18.3 Å². The van der Waals surface area contributed by atoms with Gasteiger partial charge in [-0.2, -0.15) is 0 Å². The molecule has 0 saturated carbocycles. The van der Waals surface area contributed by atoms with Crippen LogP contribution in [-0.4, -0.2) is 62.5 Å². The van der Waals surface area contributed by atoms with Gasteiger partial charge in [-0.3, -0.25) is 4.90 Å². The Morgan fingerprint density at radius 2 is 2.00 bits per heavy atom. The summed E-state index contributed by atoms with van der Waals surface area (Å²) in [5, 5.41) is 3.50. The molecule has 100 valence electrons. The third-order valence-corrected chi connectivity index (χ3v) is 3.50. The lowest BCUT2D eigenvalue weighted by atomic mass is 10.2. The minimum atomic E-state index is 0.372. The smallest absolute Gasteiger partial charge is 0.0700 e. The van der Waals surface area contributed by atoms with Gasteiger partial charge in [0, 0.05) is 39.3 Å². The van der Waals surface area contributed by atoms with Crippen molar-refractivity contribution < 1.29 is 9.47 Å². The molecule has 0 bridgehead atoms. The summed E-state index contributed by atoms with van der Waals surface area (Å²) >= 11 is 0. The summed E-state index contributed by atoms with van der Waals surface area (Å²) in [6.07, 6.45) is 3.65. The maximum atomic E-state index is 5.72. The van der Waals surface area contributed by atoms with E-state index >= 15 is 0 Å². The number of hydrogen-bond acceptors (Lipinski definition) is 4. The number of morpholine rings is 1. The first-order valence-corrected chi connectivity index (χ1v) is 6.94. The predicted molar refractivity (Wildman–Crippen MR) is 68.3 cm³/mol. The Labute approximate surface area is 105 Å². The minimum Gasteiger partial charge on any atom is -0.377 e. The van der Waals surface area contributed by atoms with Gasteiger partial charge in [-0.25, -0.2) is 0 Å². The summed E-state index contributed by atoms with van der Waals surface area (Å²) in [4.78, 5) is 2.49. The zero-order valence-electron chi connectivity index (χ0n) is 11.2. The molecule has 0 aromatic heterocycles. The van der Waals surface area contributed by atoms with Crippen molar-refractivity contribution in [3.63, 3.8) is 0 Å². The Hall–Kier alpha value is -0.160. The number of rotatable bonds is 5. The first-order chi connectivity index (χ1) is 8.24. The Morgan fingerprint density at radius 3 is 2.65 bits per heavy atom. The molecule has 2 aliphatic rings. The van der Waals surface area contributed by atoms with Crippen LogP contribution in [0, 0.1) is 0 Å². The Balaban J connectivity index is 1.54. The van der Waals surface area contributed by atoms with Gasteiger partial charge in [-0.05, 0) is 26.7 Å². The van der Waals surface area contributed by atoms with Crippen molar-refractivity contribution in [3.05, 3.63) is 0 Å². The second-order valence-corrected chi connectivity index (χ2v) is 5.36. The Bertz CT molecular complexity index is 209. The van der Waals surface area contributed by atoms with Crippen molar-refractivity contribution in [3.8, 4) is 0 Å². The topological polar surface area (TPSA) is 33.7 Å². The molecule has 4 heteroatoms. The van der Waals surface area contributed by atoms with Gasteiger partial charge < -0.3 is 14.8 Å². The molecular weight excluding hydrogens is 216 g/mol. The molecule has 3 atom stereocenters. The standard InChI is InChI=1S/C13H26N2O2/c1-11-9-15(10-12(2)17-11)6-5-14-8-13-4-3-7-16-13/h11-14H,3-10H2,1-2H3/t11-,12+,13?. The SMILES string of the molecule is C[C@@H]1CN(CCNCC2CCCO2)C[C@H](C)O1. The van der Waals surface area contributed by atoms with E-state index in [1.165, 1.54) is 12.8 Å². The highest BCUT2D eigenvalue weighted by Gasteiger charge is 2.21. The van der Waals surface area contributed by atoms with E-state index in [1.807, 2.05) is 0 Å². The van der Waals surface area contributed by atoms with Crippen molar-refractivity contribution in [1.29, 1.82) is 0 Å². The summed E-state index contributed by atoms with van der Waals surface area (Å²) in [6.45, 7) is 10.6. The molecule has 4 nitrogen and oxygen atoms in total. The monoisotopic (exact) mass is 242 g/mol. The first-order valence-electron chi connectivity index (χ1n) is 6.94. The van der Waals surface area contributed by atoms with Crippen molar-refractivity contribution in [1.82, 2.24) is 10.2 Å². The fourth-order valence-electron chi connectivity index (χ4n) is 2.77. The van der Waals surface area contributed by atoms with E-state index in [9.17, 15) is 0 Å². The summed E-state index contributed by atoms with van der Waals surface area (Å²) in [6, 6.07) is 0. The second kappa shape index (κ2) is 6.69. The number of nitrogens with one attached hydrogen (secondary N) is 1. The molecule has 2 fully saturated rings. The van der Waals surface area contributed by atoms with E-state index in [4.69, 9.17) is 9.47 Å². The molecule has 17 heavy (non-hydrogen) atoms. The molecule has 1 N–H and O–H groups in total. The van der Waals surface area contributed by atoms with Crippen LogP contribution < -0.4 is 5.32 Å². The molecular formula is C13H26N2O2. The highest BCUT2D eigenvalue weighted by atomic mass is 16.5. The van der Waals surface area contributed by atoms with Crippen LogP contribution >= 0.6 is 0 Å². The highest BCUT2D eigenvalue weighted by Crippen LogP contribution is 2.11. The molecule has 0 amide bonds. The van der Waals surface area contributed by atoms with Crippen LogP contribution in [-0.2, 0) is 9.47 Å². The average Bonchev–Trinajstić information content (AvgIpc) is 2.76. The Kier molecular flexibility index (Phi) is 5.22. The maximum absolute atomic E-state index is 5.72. The highest BCUT2D eigenvalue weighted by molar-refractivity contribution is 4.74. The molecule has 0 radical (unpaired) electrons. The van der Waals surface area contributed by atoms with Crippen LogP contribution in [0.1, 0.15) is 26.7 Å². The van der Waals surface area contributed by atoms with Gasteiger partial charge in [-0.15, -0.1) is 0 Å². The first kappa shape index (κ1) is 13.3. The zero-order valence-corrected chi connectivity index (χ0v) is 11.2. The van der Waals surface area contributed by atoms with Gasteiger partial charge in [0.25, 0.3) is 0 Å². The molecule has 0 aromatic rings. The van der Waals surface area contributed by atoms with Crippen LogP contribution in [0.2, 0.25) is 0 Å². The van der Waals surface area contributed by atoms with Crippen molar-refractivity contribution in [2.24, 2.45) is 0 Å². The quantitative estimate of drug-likeness (QED) is 0.725. The molecule has 2 aliphatic heterocycles. The fraction of sp³-hybridized carbons (Fsp3) is 1.00. The summed E-state index contributed by atoms with van der Waals surface area (Å²) in [5.41, 5.74) is 0. The van der Waals surface area contributed by atoms with E-state index < -0.39 is 0 Å². The lowest BCUT2D eigenvalue weighted by molar-refractivity contribution is -0.0675. The van der Waals surface area contributed by atoms with Crippen LogP contribution in [0.15, 0.2) is 0 Å². The van der Waals surface area contributed by atoms with Gasteiger partial charge >= 0.3 is 0 Å². The number of nitrogens with zero attached hydrogens (tertiary/aromatic N) is 1. The minimum absolute atomic E-state index is 0.372. The molecule has 2 heterocycles. The van der Waals surface area contributed by atoms with Crippen LogP contribution in [0.5, 0.6) is 0 Å². The van der Waals surface area contributed by atoms with Gasteiger partial charge in [0.2, 0.25) is 0 Å². The normalized spacial score (nSPS) is 35.3. The summed E-state index contributed by atoms with van der Waals surface area (Å²) in [7, 11) is 0. The van der Waals surface area contributed by atoms with Gasteiger partial charge in [0.1, 0.15) is 0 Å². The largest absolute Gasteiger partial charge is 0.377 e. The van der Waals surface area contributed by atoms with E-state index in [0.717, 1.165) is 39.3 Å². The van der Waals surface area contributed by atoms with Gasteiger partial charge in [-0.1, -0.05) is 0 Å². The van der Waals surface area contributed by atoms with Gasteiger partial charge in [0.15, 0.2) is 0 Å². The summed E-state index contributed by atoms with van der Waals surface area (Å²) in [5.74, 6) is 0. The lowest BCUT2D eigenvalue weighted by Crippen LogP contribution is -2.47. The second-order valence-electron chi connectivity index (χ2n) is 5.36. The fourth-order valence-corrected chi connectivity index (χ4v) is 2.77. The number of hydrogen-bond donors (Lipinski definition) is 1. The number of ether oxygens (including phenoxy) is 2. The maximum Gasteiger partial charge on any atom is 0.0700 e. The van der Waals surface area contributed by atoms with E-state index in [-0.39, 0.29) is 0 Å². The molecule has 2 saturated heterocycles. The van der Waals surface area contributed by atoms with E-state index in [1.54, 1.807) is 0 Å². The van der Waals surface area contributed by atoms with E-state index in [0.29, 0.717) is 18.3 Å². The van der Waals surface area contributed by atoms with Crippen LogP contribution in [0.25, 0.3) is 0 Å². The average molecular weight is 242 g/mol. The third-order valence-electron chi connectivity index (χ3n) is 3.50. The lowest BCUT2D eigenvalue weighted by Gasteiger charge is -2.35. The molecule has 1 unspecified atom stereocenters. The molecule has 0 aliphatic carbocycles. The third kappa shape index (κ3) is 4.54. The van der Waals surface area contributed by atoms with Crippen molar-refractivity contribution >= 4 is 0 Å². The summed E-state index contributed by atoms with van der Waals surface area (Å²) < 4.78 is 11.3. The van der Waals surface area contributed by atoms with Crippen LogP contribution in [0.3, 0.4) is 0 Å². The predicted octanol–water partition coefficient (Wildman–Crippen LogP) is 0.864. The zero-order chi connectivity index (χ0) is 12.1. The molecule has 0 spiro atoms. The van der Waals surface area contributed by atoms with Crippen molar-refractivity contribution in [2.45, 2.75) is 45.0 Å².